The molecule has 6 heteroatoms. The Morgan fingerprint density at radius 3 is 2.43 bits per heavy atom. The summed E-state index contributed by atoms with van der Waals surface area (Å²) < 4.78 is 30.7. The number of alkyl halides is 2. The lowest BCUT2D eigenvalue weighted by Crippen LogP contribution is -2.07. The van der Waals surface area contributed by atoms with E-state index in [0.29, 0.717) is 13.0 Å². The first-order valence-electron chi connectivity index (χ1n) is 4.09. The van der Waals surface area contributed by atoms with E-state index in [1.54, 1.807) is 0 Å². The molecule has 0 aromatic rings. The molecule has 0 bridgehead atoms. The first-order valence-corrected chi connectivity index (χ1v) is 4.09. The molecule has 1 saturated heterocycles. The van der Waals surface area contributed by atoms with E-state index in [0.717, 1.165) is 13.3 Å². The molecule has 1 heterocycles. The zero-order valence-corrected chi connectivity index (χ0v) is 7.79. The van der Waals surface area contributed by atoms with Crippen molar-refractivity contribution < 1.29 is 27.8 Å². The van der Waals surface area contributed by atoms with Crippen LogP contribution in [0.25, 0.3) is 0 Å². The molecule has 1 fully saturated rings. The van der Waals surface area contributed by atoms with Crippen molar-refractivity contribution in [3.05, 3.63) is 0 Å². The van der Waals surface area contributed by atoms with Gasteiger partial charge < -0.3 is 9.47 Å². The predicted octanol–water partition coefficient (Wildman–Crippen LogP) is 1.14. The molecule has 0 aromatic carbocycles. The number of ether oxygens (including phenoxy) is 2. The number of hydrogen-bond donors (Lipinski definition) is 0. The fourth-order valence-electron chi connectivity index (χ4n) is 0.655. The quantitative estimate of drug-likeness (QED) is 0.641. The Balaban J connectivity index is 0.000000249. The molecule has 0 aliphatic carbocycles. The molecule has 1 rings (SSSR count). The number of carbonyl (C=O) groups is 2. The standard InChI is InChI=1S/C4H6F2O2.C4H6O2/c1-3(7)8-2-4(5)6;5-4-2-1-3-6-4/h4H,2H2,1H3;1-3H2. The molecule has 0 spiro atoms. The molecule has 0 atom stereocenters. The molecular weight excluding hydrogens is 198 g/mol. The first kappa shape index (κ1) is 12.8. The van der Waals surface area contributed by atoms with Crippen molar-refractivity contribution >= 4 is 11.9 Å². The van der Waals surface area contributed by atoms with Crippen LogP contribution in [-0.4, -0.2) is 31.6 Å². The minimum Gasteiger partial charge on any atom is -0.466 e. The smallest absolute Gasteiger partial charge is 0.305 e. The first-order chi connectivity index (χ1) is 6.52. The minimum absolute atomic E-state index is 0.0463. The third-order valence-electron chi connectivity index (χ3n) is 1.20. The maximum atomic E-state index is 11.1. The van der Waals surface area contributed by atoms with Gasteiger partial charge in [-0.25, -0.2) is 8.78 Å². The van der Waals surface area contributed by atoms with Crippen molar-refractivity contribution in [2.24, 2.45) is 0 Å². The summed E-state index contributed by atoms with van der Waals surface area (Å²) in [5, 5.41) is 0. The topological polar surface area (TPSA) is 52.6 Å². The van der Waals surface area contributed by atoms with Gasteiger partial charge in [-0.15, -0.1) is 0 Å². The van der Waals surface area contributed by atoms with Crippen LogP contribution >= 0.6 is 0 Å². The van der Waals surface area contributed by atoms with Gasteiger partial charge in [0.2, 0.25) is 0 Å². The molecule has 4 nitrogen and oxygen atoms in total. The second-order valence-electron chi connectivity index (χ2n) is 2.52. The molecule has 82 valence electrons. The van der Waals surface area contributed by atoms with Crippen LogP contribution in [0.3, 0.4) is 0 Å². The lowest BCUT2D eigenvalue weighted by molar-refractivity contribution is -0.145. The number of hydrogen-bond acceptors (Lipinski definition) is 4. The van der Waals surface area contributed by atoms with E-state index in [4.69, 9.17) is 0 Å². The van der Waals surface area contributed by atoms with E-state index in [9.17, 15) is 18.4 Å². The highest BCUT2D eigenvalue weighted by Crippen LogP contribution is 2.01. The van der Waals surface area contributed by atoms with Gasteiger partial charge in [-0.1, -0.05) is 0 Å². The Morgan fingerprint density at radius 2 is 2.29 bits per heavy atom. The number of carbonyl (C=O) groups excluding carboxylic acids is 2. The molecule has 0 unspecified atom stereocenters. The van der Waals surface area contributed by atoms with Gasteiger partial charge >= 0.3 is 11.9 Å². The summed E-state index contributed by atoms with van der Waals surface area (Å²) in [5.41, 5.74) is 0. The zero-order chi connectivity index (χ0) is 11.0. The lowest BCUT2D eigenvalue weighted by atomic mass is 10.4. The minimum atomic E-state index is -2.56. The maximum absolute atomic E-state index is 11.1. The molecular formula is C8H12F2O4. The van der Waals surface area contributed by atoms with Crippen molar-refractivity contribution in [1.29, 1.82) is 0 Å². The average Bonchev–Trinajstić information content (AvgIpc) is 2.53. The molecule has 0 saturated carbocycles. The number of halogens is 2. The maximum Gasteiger partial charge on any atom is 0.305 e. The van der Waals surface area contributed by atoms with Crippen molar-refractivity contribution in [2.45, 2.75) is 26.2 Å². The highest BCUT2D eigenvalue weighted by atomic mass is 19.3. The van der Waals surface area contributed by atoms with E-state index < -0.39 is 19.0 Å². The summed E-state index contributed by atoms with van der Waals surface area (Å²) in [7, 11) is 0. The van der Waals surface area contributed by atoms with Gasteiger partial charge in [-0.2, -0.15) is 0 Å². The van der Waals surface area contributed by atoms with E-state index in [-0.39, 0.29) is 5.97 Å². The highest BCUT2D eigenvalue weighted by Gasteiger charge is 2.08. The Morgan fingerprint density at radius 1 is 1.64 bits per heavy atom. The molecule has 1 aliphatic heterocycles. The molecule has 0 N–H and O–H groups in total. The third-order valence-corrected chi connectivity index (χ3v) is 1.20. The normalized spacial score (nSPS) is 14.4. The predicted molar refractivity (Wildman–Crippen MR) is 42.8 cm³/mol. The molecule has 0 amide bonds. The lowest BCUT2D eigenvalue weighted by Gasteiger charge is -1.96. The number of cyclic esters (lactones) is 1. The van der Waals surface area contributed by atoms with Gasteiger partial charge in [0, 0.05) is 13.3 Å². The van der Waals surface area contributed by atoms with Crippen molar-refractivity contribution in [2.75, 3.05) is 13.2 Å². The van der Waals surface area contributed by atoms with Gasteiger partial charge in [0.25, 0.3) is 6.43 Å². The Hall–Kier alpha value is -1.20. The van der Waals surface area contributed by atoms with Crippen LogP contribution in [0.1, 0.15) is 19.8 Å². The summed E-state index contributed by atoms with van der Waals surface area (Å²) in [6.07, 6.45) is -1.02. The molecule has 0 aromatic heterocycles. The Labute approximate surface area is 80.2 Å². The van der Waals surface area contributed by atoms with Gasteiger partial charge in [-0.3, -0.25) is 9.59 Å². The van der Waals surface area contributed by atoms with Gasteiger partial charge in [0.15, 0.2) is 6.61 Å². The van der Waals surface area contributed by atoms with Crippen LogP contribution in [0, 0.1) is 0 Å². The van der Waals surface area contributed by atoms with E-state index in [2.05, 4.69) is 9.47 Å². The van der Waals surface area contributed by atoms with Crippen LogP contribution in [-0.2, 0) is 19.1 Å². The third kappa shape index (κ3) is 8.89. The highest BCUT2D eigenvalue weighted by molar-refractivity contribution is 5.70. The second-order valence-corrected chi connectivity index (χ2v) is 2.52. The number of esters is 2. The van der Waals surface area contributed by atoms with Crippen molar-refractivity contribution in [1.82, 2.24) is 0 Å². The van der Waals surface area contributed by atoms with Crippen molar-refractivity contribution in [3.8, 4) is 0 Å². The molecule has 1 aliphatic rings. The number of rotatable bonds is 2. The van der Waals surface area contributed by atoms with E-state index in [1.807, 2.05) is 0 Å². The van der Waals surface area contributed by atoms with Crippen LogP contribution < -0.4 is 0 Å². The summed E-state index contributed by atoms with van der Waals surface area (Å²) >= 11 is 0. The van der Waals surface area contributed by atoms with Crippen molar-refractivity contribution in [3.63, 3.8) is 0 Å². The van der Waals surface area contributed by atoms with Gasteiger partial charge in [-0.05, 0) is 6.42 Å². The Bertz CT molecular complexity index is 186. The summed E-state index contributed by atoms with van der Waals surface area (Å²) in [5.74, 6) is -0.722. The molecule has 0 radical (unpaired) electrons. The molecule has 14 heavy (non-hydrogen) atoms. The van der Waals surface area contributed by atoms with E-state index in [1.165, 1.54) is 0 Å². The van der Waals surface area contributed by atoms with Gasteiger partial charge in [0.05, 0.1) is 6.61 Å². The van der Waals surface area contributed by atoms with Crippen LogP contribution in [0.15, 0.2) is 0 Å². The Kier molecular flexibility index (Phi) is 6.61. The SMILES string of the molecule is CC(=O)OCC(F)F.O=C1CCCO1. The van der Waals surface area contributed by atoms with Crippen LogP contribution in [0.5, 0.6) is 0 Å². The average molecular weight is 210 g/mol. The second kappa shape index (κ2) is 7.23. The van der Waals surface area contributed by atoms with Crippen LogP contribution in [0.4, 0.5) is 8.78 Å². The fraction of sp³-hybridized carbons (Fsp3) is 0.750. The summed E-state index contributed by atoms with van der Waals surface area (Å²) in [4.78, 5) is 19.8. The monoisotopic (exact) mass is 210 g/mol. The largest absolute Gasteiger partial charge is 0.466 e. The zero-order valence-electron chi connectivity index (χ0n) is 7.79. The van der Waals surface area contributed by atoms with Crippen LogP contribution in [0.2, 0.25) is 0 Å². The van der Waals surface area contributed by atoms with E-state index >= 15 is 0 Å². The summed E-state index contributed by atoms with van der Waals surface area (Å²) in [6.45, 7) is 0.927. The fourth-order valence-corrected chi connectivity index (χ4v) is 0.655. The van der Waals surface area contributed by atoms with Gasteiger partial charge in [0.1, 0.15) is 0 Å². The summed E-state index contributed by atoms with van der Waals surface area (Å²) in [6, 6.07) is 0.